The monoisotopic (exact) mass is 372 g/mol. The summed E-state index contributed by atoms with van der Waals surface area (Å²) in [4.78, 5) is 33.5. The van der Waals surface area contributed by atoms with Crippen LogP contribution in [0.1, 0.15) is 76.2 Å². The Morgan fingerprint density at radius 2 is 1.12 bits per heavy atom. The quantitative estimate of drug-likeness (QED) is 0.363. The first kappa shape index (κ1) is 23.1. The number of rotatable bonds is 6. The fraction of sp³-hybridized carbons (Fsp3) is 0.800. The fourth-order valence-corrected chi connectivity index (χ4v) is 1.68. The first-order chi connectivity index (χ1) is 11.4. The van der Waals surface area contributed by atoms with Crippen LogP contribution in [-0.4, -0.2) is 28.0 Å². The first-order valence-corrected chi connectivity index (χ1v) is 8.96. The van der Waals surface area contributed by atoms with Crippen LogP contribution in [0.25, 0.3) is 0 Å². The molecule has 0 fully saturated rings. The third-order valence-corrected chi connectivity index (χ3v) is 2.96. The van der Waals surface area contributed by atoms with Crippen LogP contribution in [0, 0.1) is 0 Å². The van der Waals surface area contributed by atoms with E-state index in [0.29, 0.717) is 5.76 Å². The van der Waals surface area contributed by atoms with E-state index < -0.39 is 28.0 Å². The van der Waals surface area contributed by atoms with Crippen LogP contribution in [0.3, 0.4) is 0 Å². The molecule has 6 nitrogen and oxygen atoms in total. The number of hydrogen-bond donors (Lipinski definition) is 0. The molecule has 0 amide bonds. The van der Waals surface area contributed by atoms with Gasteiger partial charge >= 0.3 is 0 Å². The molecule has 2 atom stereocenters. The average Bonchev–Trinajstić information content (AvgIpc) is 2.43. The van der Waals surface area contributed by atoms with Crippen molar-refractivity contribution in [3.8, 4) is 0 Å². The molecule has 0 saturated heterocycles. The topological polar surface area (TPSA) is 55.4 Å². The van der Waals surface area contributed by atoms with Gasteiger partial charge in [-0.25, -0.2) is 19.6 Å². The lowest BCUT2D eigenvalue weighted by atomic mass is 9.90. The van der Waals surface area contributed by atoms with Gasteiger partial charge in [-0.3, -0.25) is 0 Å². The van der Waals surface area contributed by atoms with Crippen molar-refractivity contribution < 1.29 is 29.3 Å². The van der Waals surface area contributed by atoms with Crippen LogP contribution >= 0.6 is 0 Å². The van der Waals surface area contributed by atoms with E-state index in [9.17, 15) is 0 Å². The summed E-state index contributed by atoms with van der Waals surface area (Å²) in [7, 11) is 0. The predicted molar refractivity (Wildman–Crippen MR) is 99.8 cm³/mol. The molecule has 152 valence electrons. The van der Waals surface area contributed by atoms with Crippen molar-refractivity contribution >= 4 is 0 Å². The second-order valence-corrected chi connectivity index (χ2v) is 9.97. The molecular formula is C20H36O6. The standard InChI is InChI=1S/C20H36O6/c1-16(2,3)22-21-15-14-19(10,25-23-17(4,5)6)12-13-20(15,11)26-24-18(7,8)9/h12-14H,1-11H3. The minimum Gasteiger partial charge on any atom is -0.338 e. The van der Waals surface area contributed by atoms with Gasteiger partial charge in [-0.15, -0.1) is 0 Å². The highest BCUT2D eigenvalue weighted by atomic mass is 17.2. The molecule has 0 radical (unpaired) electrons. The average molecular weight is 373 g/mol. The number of hydrogen-bond acceptors (Lipinski definition) is 6. The normalized spacial score (nSPS) is 27.4. The molecule has 0 saturated carbocycles. The lowest BCUT2D eigenvalue weighted by Gasteiger charge is -2.37. The van der Waals surface area contributed by atoms with E-state index in [4.69, 9.17) is 29.3 Å². The van der Waals surface area contributed by atoms with Gasteiger partial charge in [0, 0.05) is 0 Å². The van der Waals surface area contributed by atoms with Gasteiger partial charge in [0.1, 0.15) is 11.2 Å². The van der Waals surface area contributed by atoms with E-state index in [1.165, 1.54) is 0 Å². The Labute approximate surface area is 158 Å². The second kappa shape index (κ2) is 7.60. The Hall–Kier alpha value is -0.920. The zero-order valence-electron chi connectivity index (χ0n) is 18.2. The second-order valence-electron chi connectivity index (χ2n) is 9.97. The van der Waals surface area contributed by atoms with Crippen LogP contribution in [0.2, 0.25) is 0 Å². The van der Waals surface area contributed by atoms with Gasteiger partial charge in [-0.2, -0.15) is 4.89 Å². The predicted octanol–water partition coefficient (Wildman–Crippen LogP) is 5.20. The van der Waals surface area contributed by atoms with E-state index in [-0.39, 0.29) is 0 Å². The Balaban J connectivity index is 3.05. The van der Waals surface area contributed by atoms with Crippen molar-refractivity contribution in [1.82, 2.24) is 0 Å². The van der Waals surface area contributed by atoms with Gasteiger partial charge in [0.25, 0.3) is 0 Å². The Bertz CT molecular complexity index is 532. The van der Waals surface area contributed by atoms with Crippen LogP contribution in [0.5, 0.6) is 0 Å². The summed E-state index contributed by atoms with van der Waals surface area (Å²) in [6.45, 7) is 20.8. The van der Waals surface area contributed by atoms with E-state index in [0.717, 1.165) is 0 Å². The minimum absolute atomic E-state index is 0.416. The van der Waals surface area contributed by atoms with Gasteiger partial charge in [0.15, 0.2) is 11.4 Å². The zero-order chi connectivity index (χ0) is 20.4. The lowest BCUT2D eigenvalue weighted by Crippen LogP contribution is -2.41. The molecule has 6 heteroatoms. The molecule has 2 unspecified atom stereocenters. The molecule has 1 aliphatic rings. The van der Waals surface area contributed by atoms with Gasteiger partial charge in [0.05, 0.1) is 11.2 Å². The summed E-state index contributed by atoms with van der Waals surface area (Å²) in [5.74, 6) is 0.416. The molecular weight excluding hydrogens is 336 g/mol. The summed E-state index contributed by atoms with van der Waals surface area (Å²) < 4.78 is 0. The van der Waals surface area contributed by atoms with Gasteiger partial charge in [0.2, 0.25) is 0 Å². The van der Waals surface area contributed by atoms with Gasteiger partial charge < -0.3 is 4.89 Å². The SMILES string of the molecule is CC(C)(C)OOC1=CC(C)(OOC(C)(C)C)C=CC1(C)OOC(C)(C)C. The van der Waals surface area contributed by atoms with E-state index in [1.54, 1.807) is 6.08 Å². The third-order valence-electron chi connectivity index (χ3n) is 2.96. The highest BCUT2D eigenvalue weighted by Crippen LogP contribution is 2.36. The molecule has 0 N–H and O–H groups in total. The Morgan fingerprint density at radius 3 is 1.58 bits per heavy atom. The summed E-state index contributed by atoms with van der Waals surface area (Å²) >= 11 is 0. The third kappa shape index (κ3) is 8.18. The molecule has 1 aliphatic carbocycles. The molecule has 0 aromatic rings. The molecule has 0 bridgehead atoms. The van der Waals surface area contributed by atoms with Gasteiger partial charge in [-0.05, 0) is 94.4 Å². The van der Waals surface area contributed by atoms with Crippen molar-refractivity contribution in [3.05, 3.63) is 24.0 Å². The molecule has 1 rings (SSSR count). The maximum atomic E-state index is 5.70. The van der Waals surface area contributed by atoms with Crippen LogP contribution in [0.4, 0.5) is 0 Å². The van der Waals surface area contributed by atoms with Crippen LogP contribution < -0.4 is 0 Å². The van der Waals surface area contributed by atoms with Crippen molar-refractivity contribution in [1.29, 1.82) is 0 Å². The first-order valence-electron chi connectivity index (χ1n) is 8.96. The molecule has 0 aliphatic heterocycles. The van der Waals surface area contributed by atoms with Crippen LogP contribution in [0.15, 0.2) is 24.0 Å². The zero-order valence-corrected chi connectivity index (χ0v) is 18.2. The summed E-state index contributed by atoms with van der Waals surface area (Å²) in [5.41, 5.74) is -3.22. The van der Waals surface area contributed by atoms with Crippen molar-refractivity contribution in [2.24, 2.45) is 0 Å². The highest BCUT2D eigenvalue weighted by molar-refractivity contribution is 5.32. The molecule has 0 heterocycles. The van der Waals surface area contributed by atoms with Gasteiger partial charge in [-0.1, -0.05) is 0 Å². The minimum atomic E-state index is -0.969. The summed E-state index contributed by atoms with van der Waals surface area (Å²) in [5, 5.41) is 0. The smallest absolute Gasteiger partial charge is 0.180 e. The van der Waals surface area contributed by atoms with Crippen molar-refractivity contribution in [2.45, 2.75) is 104 Å². The van der Waals surface area contributed by atoms with Crippen molar-refractivity contribution in [3.63, 3.8) is 0 Å². The molecule has 0 aromatic heterocycles. The van der Waals surface area contributed by atoms with E-state index >= 15 is 0 Å². The molecule has 0 aromatic carbocycles. The summed E-state index contributed by atoms with van der Waals surface area (Å²) in [6, 6.07) is 0. The van der Waals surface area contributed by atoms with E-state index in [1.807, 2.05) is 88.3 Å². The van der Waals surface area contributed by atoms with E-state index in [2.05, 4.69) is 0 Å². The largest absolute Gasteiger partial charge is 0.338 e. The highest BCUT2D eigenvalue weighted by Gasteiger charge is 2.42. The summed E-state index contributed by atoms with van der Waals surface area (Å²) in [6.07, 6.45) is 5.41. The Kier molecular flexibility index (Phi) is 6.76. The molecule has 0 spiro atoms. The molecule has 26 heavy (non-hydrogen) atoms. The maximum Gasteiger partial charge on any atom is 0.180 e. The maximum absolute atomic E-state index is 5.70. The lowest BCUT2D eigenvalue weighted by molar-refractivity contribution is -0.410. The fourth-order valence-electron chi connectivity index (χ4n) is 1.68. The van der Waals surface area contributed by atoms with Crippen molar-refractivity contribution in [2.75, 3.05) is 0 Å². The van der Waals surface area contributed by atoms with Crippen LogP contribution in [-0.2, 0) is 29.3 Å². The Morgan fingerprint density at radius 1 is 0.654 bits per heavy atom.